The number of hydrogen-bond acceptors (Lipinski definition) is 4. The number of unbranched alkanes of at least 4 members (excludes halogenated alkanes) is 1. The molecule has 1 fully saturated rings. The number of aromatic nitrogens is 2. The van der Waals surface area contributed by atoms with Gasteiger partial charge in [-0.2, -0.15) is 0 Å². The van der Waals surface area contributed by atoms with Crippen LogP contribution in [0.2, 0.25) is 0 Å². The summed E-state index contributed by atoms with van der Waals surface area (Å²) in [6.07, 6.45) is 10.2. The Morgan fingerprint density at radius 2 is 2.20 bits per heavy atom. The molecule has 0 bridgehead atoms. The van der Waals surface area contributed by atoms with Crippen LogP contribution in [-0.2, 0) is 4.79 Å². The van der Waals surface area contributed by atoms with E-state index < -0.39 is 5.91 Å². The van der Waals surface area contributed by atoms with E-state index in [0.717, 1.165) is 30.8 Å². The summed E-state index contributed by atoms with van der Waals surface area (Å²) < 4.78 is 1.74. The number of hydrogen-bond donors (Lipinski definition) is 2. The van der Waals surface area contributed by atoms with Gasteiger partial charge < -0.3 is 0 Å². The van der Waals surface area contributed by atoms with Crippen LogP contribution in [-0.4, -0.2) is 20.7 Å². The van der Waals surface area contributed by atoms with E-state index >= 15 is 0 Å². The van der Waals surface area contributed by atoms with Crippen molar-refractivity contribution in [2.45, 2.75) is 58.3 Å². The Balaban J connectivity index is 2.05. The van der Waals surface area contributed by atoms with E-state index in [1.807, 2.05) is 43.4 Å². The molecule has 1 heterocycles. The standard InChI is InChI=1S/C24H27N3O3/c1-3-5-12-19(4-2)27-23(18-15-16-18)25-20-13-9-11-17(22(20)24(27)29)10-7-6-8-14-21(28)26-30/h4-5,9,11-13,18,30H,3,6,8,14-16H2,1-2H3,(H,26,28)/b12-5-,19-4+. The average molecular weight is 405 g/mol. The van der Waals surface area contributed by atoms with Crippen LogP contribution < -0.4 is 11.0 Å². The molecule has 1 aliphatic rings. The van der Waals surface area contributed by atoms with Gasteiger partial charge in [-0.15, -0.1) is 0 Å². The molecule has 1 saturated carbocycles. The molecule has 2 aromatic rings. The molecule has 0 radical (unpaired) electrons. The van der Waals surface area contributed by atoms with Crippen LogP contribution in [0.3, 0.4) is 0 Å². The second kappa shape index (κ2) is 10.0. The number of rotatable bonds is 7. The molecular weight excluding hydrogens is 378 g/mol. The van der Waals surface area contributed by atoms with E-state index in [2.05, 4.69) is 18.8 Å². The summed E-state index contributed by atoms with van der Waals surface area (Å²) in [6, 6.07) is 5.56. The molecule has 1 aromatic heterocycles. The predicted molar refractivity (Wildman–Crippen MR) is 118 cm³/mol. The molecule has 1 aromatic carbocycles. The smallest absolute Gasteiger partial charge is 0.267 e. The summed E-state index contributed by atoms with van der Waals surface area (Å²) in [5.74, 6) is 6.82. The van der Waals surface area contributed by atoms with Crippen LogP contribution in [0.4, 0.5) is 0 Å². The Bertz CT molecular complexity index is 1110. The number of nitrogens with one attached hydrogen (secondary N) is 1. The number of benzene rings is 1. The third-order valence-electron chi connectivity index (χ3n) is 5.00. The highest BCUT2D eigenvalue weighted by Gasteiger charge is 2.30. The fraction of sp³-hybridized carbons (Fsp3) is 0.375. The second-order valence-electron chi connectivity index (χ2n) is 7.30. The van der Waals surface area contributed by atoms with E-state index in [0.29, 0.717) is 35.2 Å². The number of carbonyl (C=O) groups is 1. The zero-order chi connectivity index (χ0) is 21.5. The normalized spacial score (nSPS) is 14.0. The SMILES string of the molecule is C/C=C(\C=C/CC)n1c(C2CC2)nc2cccc(C#CCCCC(=O)NO)c2c1=O. The van der Waals surface area contributed by atoms with Crippen molar-refractivity contribution in [3.63, 3.8) is 0 Å². The van der Waals surface area contributed by atoms with Gasteiger partial charge in [-0.25, -0.2) is 10.5 Å². The van der Waals surface area contributed by atoms with Gasteiger partial charge >= 0.3 is 0 Å². The topological polar surface area (TPSA) is 84.2 Å². The van der Waals surface area contributed by atoms with Gasteiger partial charge in [0.25, 0.3) is 5.56 Å². The minimum absolute atomic E-state index is 0.0969. The van der Waals surface area contributed by atoms with Gasteiger partial charge in [0.15, 0.2) is 0 Å². The lowest BCUT2D eigenvalue weighted by Gasteiger charge is -2.14. The number of fused-ring (bicyclic) bond motifs is 1. The molecule has 0 unspecified atom stereocenters. The quantitative estimate of drug-likeness (QED) is 0.239. The Kier molecular flexibility index (Phi) is 7.21. The first-order valence-electron chi connectivity index (χ1n) is 10.4. The molecular formula is C24H27N3O3. The maximum atomic E-state index is 13.6. The van der Waals surface area contributed by atoms with Crippen molar-refractivity contribution in [2.75, 3.05) is 0 Å². The van der Waals surface area contributed by atoms with Crippen molar-refractivity contribution in [1.29, 1.82) is 0 Å². The third kappa shape index (κ3) is 4.87. The van der Waals surface area contributed by atoms with Crippen LogP contribution >= 0.6 is 0 Å². The first-order chi connectivity index (χ1) is 14.6. The van der Waals surface area contributed by atoms with Crippen molar-refractivity contribution < 1.29 is 10.0 Å². The summed E-state index contributed by atoms with van der Waals surface area (Å²) >= 11 is 0. The van der Waals surface area contributed by atoms with E-state index in [1.54, 1.807) is 10.0 Å². The van der Waals surface area contributed by atoms with Crippen molar-refractivity contribution in [2.24, 2.45) is 0 Å². The predicted octanol–water partition coefficient (Wildman–Crippen LogP) is 4.13. The minimum Gasteiger partial charge on any atom is -0.289 e. The second-order valence-corrected chi connectivity index (χ2v) is 7.30. The number of carbonyl (C=O) groups excluding carboxylic acids is 1. The van der Waals surface area contributed by atoms with Crippen molar-refractivity contribution in [1.82, 2.24) is 15.0 Å². The highest BCUT2D eigenvalue weighted by Crippen LogP contribution is 2.39. The lowest BCUT2D eigenvalue weighted by Crippen LogP contribution is -2.24. The maximum Gasteiger partial charge on any atom is 0.267 e. The van der Waals surface area contributed by atoms with Gasteiger partial charge in [0.2, 0.25) is 5.91 Å². The molecule has 2 N–H and O–H groups in total. The monoisotopic (exact) mass is 405 g/mol. The Morgan fingerprint density at radius 3 is 2.87 bits per heavy atom. The van der Waals surface area contributed by atoms with Crippen LogP contribution in [0.15, 0.2) is 41.2 Å². The van der Waals surface area contributed by atoms with Crippen molar-refractivity contribution >= 4 is 22.5 Å². The zero-order valence-corrected chi connectivity index (χ0v) is 17.4. The number of allylic oxidation sites excluding steroid dienone is 4. The number of amides is 1. The van der Waals surface area contributed by atoms with Crippen LogP contribution in [0.25, 0.3) is 16.6 Å². The molecule has 0 aliphatic heterocycles. The van der Waals surface area contributed by atoms with Crippen LogP contribution in [0.1, 0.15) is 69.7 Å². The molecule has 3 rings (SSSR count). The Labute approximate surface area is 176 Å². The van der Waals surface area contributed by atoms with E-state index in [9.17, 15) is 9.59 Å². The molecule has 156 valence electrons. The molecule has 30 heavy (non-hydrogen) atoms. The Hall–Kier alpha value is -3.17. The van der Waals surface area contributed by atoms with E-state index in [-0.39, 0.29) is 12.0 Å². The van der Waals surface area contributed by atoms with Gasteiger partial charge in [0, 0.05) is 30.0 Å². The Morgan fingerprint density at radius 1 is 1.40 bits per heavy atom. The van der Waals surface area contributed by atoms with Crippen molar-refractivity contribution in [3.05, 3.63) is 58.2 Å². The number of hydroxylamine groups is 1. The lowest BCUT2D eigenvalue weighted by molar-refractivity contribution is -0.129. The summed E-state index contributed by atoms with van der Waals surface area (Å²) in [4.78, 5) is 29.5. The molecule has 0 spiro atoms. The first-order valence-corrected chi connectivity index (χ1v) is 10.4. The summed E-state index contributed by atoms with van der Waals surface area (Å²) in [5.41, 5.74) is 3.65. The van der Waals surface area contributed by atoms with Gasteiger partial charge in [-0.3, -0.25) is 19.4 Å². The fourth-order valence-corrected chi connectivity index (χ4v) is 3.31. The molecule has 1 amide bonds. The first kappa shape index (κ1) is 21.5. The van der Waals surface area contributed by atoms with Gasteiger partial charge in [-0.05, 0) is 50.8 Å². The maximum absolute atomic E-state index is 13.6. The molecule has 0 saturated heterocycles. The van der Waals surface area contributed by atoms with E-state index in [1.165, 1.54) is 0 Å². The molecule has 1 aliphatic carbocycles. The summed E-state index contributed by atoms with van der Waals surface area (Å²) in [5, 5.41) is 9.06. The fourth-order valence-electron chi connectivity index (χ4n) is 3.31. The van der Waals surface area contributed by atoms with Crippen LogP contribution in [0, 0.1) is 11.8 Å². The molecule has 0 atom stereocenters. The van der Waals surface area contributed by atoms with E-state index in [4.69, 9.17) is 10.2 Å². The summed E-state index contributed by atoms with van der Waals surface area (Å²) in [6.45, 7) is 3.99. The zero-order valence-electron chi connectivity index (χ0n) is 17.4. The highest BCUT2D eigenvalue weighted by atomic mass is 16.5. The minimum atomic E-state index is -0.430. The summed E-state index contributed by atoms with van der Waals surface area (Å²) in [7, 11) is 0. The van der Waals surface area contributed by atoms with Crippen LogP contribution in [0.5, 0.6) is 0 Å². The third-order valence-corrected chi connectivity index (χ3v) is 5.00. The van der Waals surface area contributed by atoms with Gasteiger partial charge in [0.05, 0.1) is 10.9 Å². The van der Waals surface area contributed by atoms with Gasteiger partial charge in [-0.1, -0.05) is 37.0 Å². The van der Waals surface area contributed by atoms with Gasteiger partial charge in [0.1, 0.15) is 5.82 Å². The number of nitrogens with zero attached hydrogens (tertiary/aromatic N) is 2. The largest absolute Gasteiger partial charge is 0.289 e. The highest BCUT2D eigenvalue weighted by molar-refractivity contribution is 5.85. The lowest BCUT2D eigenvalue weighted by atomic mass is 10.1. The van der Waals surface area contributed by atoms with Crippen molar-refractivity contribution in [3.8, 4) is 11.8 Å². The average Bonchev–Trinajstić information content (AvgIpc) is 3.60. The molecule has 6 nitrogen and oxygen atoms in total. The molecule has 6 heteroatoms.